The van der Waals surface area contributed by atoms with Crippen LogP contribution < -0.4 is 16.0 Å². The van der Waals surface area contributed by atoms with E-state index in [1.54, 1.807) is 22.9 Å². The van der Waals surface area contributed by atoms with Gasteiger partial charge in [0.2, 0.25) is 0 Å². The van der Waals surface area contributed by atoms with Gasteiger partial charge < -0.3 is 15.5 Å². The van der Waals surface area contributed by atoms with E-state index in [0.717, 1.165) is 18.9 Å². The van der Waals surface area contributed by atoms with E-state index in [-0.39, 0.29) is 29.3 Å². The molecule has 3 heterocycles. The summed E-state index contributed by atoms with van der Waals surface area (Å²) >= 11 is 0. The van der Waals surface area contributed by atoms with Crippen LogP contribution in [0.25, 0.3) is 11.7 Å². The molecule has 5 rings (SSSR count). The molecule has 0 atom stereocenters. The van der Waals surface area contributed by atoms with Crippen molar-refractivity contribution in [3.8, 4) is 11.8 Å². The Hall–Kier alpha value is -3.95. The van der Waals surface area contributed by atoms with Gasteiger partial charge in [-0.1, -0.05) is 6.07 Å². The minimum absolute atomic E-state index is 0.0533. The Morgan fingerprint density at radius 2 is 2.07 bits per heavy atom. The van der Waals surface area contributed by atoms with Gasteiger partial charge in [-0.05, 0) is 31.1 Å². The number of hydrogen-bond donors (Lipinski definition) is 4. The monoisotopic (exact) mass is 410 g/mol. The smallest absolute Gasteiger partial charge is 0.198 e. The van der Waals surface area contributed by atoms with E-state index >= 15 is 0 Å². The number of hydrogen-bond acceptors (Lipinski definition) is 6. The lowest BCUT2D eigenvalue weighted by Gasteiger charge is -2.08. The van der Waals surface area contributed by atoms with Crippen molar-refractivity contribution in [2.24, 2.45) is 4.99 Å². The normalized spacial score (nSPS) is 15.3. The van der Waals surface area contributed by atoms with Gasteiger partial charge >= 0.3 is 0 Å². The number of rotatable bonds is 4. The highest BCUT2D eigenvalue weighted by Crippen LogP contribution is 2.24. The van der Waals surface area contributed by atoms with Crippen molar-refractivity contribution < 1.29 is 19.0 Å². The molecule has 0 unspecified atom stereocenters. The van der Waals surface area contributed by atoms with Crippen LogP contribution in [0.4, 0.5) is 20.3 Å². The van der Waals surface area contributed by atoms with Gasteiger partial charge in [0, 0.05) is 22.9 Å². The zero-order valence-electron chi connectivity index (χ0n) is 15.5. The van der Waals surface area contributed by atoms with Crippen LogP contribution in [-0.4, -0.2) is 35.8 Å². The van der Waals surface area contributed by atoms with Crippen molar-refractivity contribution in [2.45, 2.75) is 18.9 Å². The highest BCUT2D eigenvalue weighted by molar-refractivity contribution is 5.63. The van der Waals surface area contributed by atoms with E-state index in [1.165, 1.54) is 18.2 Å². The summed E-state index contributed by atoms with van der Waals surface area (Å²) in [5.74, 6) is -2.09. The molecule has 4 aromatic rings. The molecule has 4 N–H and O–H groups in total. The standard InChI is InChI=1S/C20H16F2N6O2/c21-13-2-1-3-14(18(13)22)25-15-8-16(24-12-4-5-12)28-19(26-15)11(9-23-28)6-10-7-17(29)27-20(10)30/h1-3,6-9,12,25,27,29-30H,4-5H2. The first-order chi connectivity index (χ1) is 14.5. The van der Waals surface area contributed by atoms with Crippen LogP contribution in [0.3, 0.4) is 0 Å². The van der Waals surface area contributed by atoms with Crippen LogP contribution in [0.15, 0.2) is 41.5 Å². The number of nitrogens with zero attached hydrogens (tertiary/aromatic N) is 4. The van der Waals surface area contributed by atoms with Crippen LogP contribution in [0.2, 0.25) is 0 Å². The molecule has 30 heavy (non-hydrogen) atoms. The summed E-state index contributed by atoms with van der Waals surface area (Å²) in [5.41, 5.74) is 1.21. The molecule has 3 aromatic heterocycles. The molecule has 1 saturated carbocycles. The number of fused-ring (bicyclic) bond motifs is 1. The fourth-order valence-corrected chi connectivity index (χ4v) is 3.07. The second kappa shape index (κ2) is 6.83. The number of nitrogens with one attached hydrogen (secondary N) is 2. The van der Waals surface area contributed by atoms with Crippen LogP contribution in [0.5, 0.6) is 11.8 Å². The van der Waals surface area contributed by atoms with Gasteiger partial charge in [-0.2, -0.15) is 9.61 Å². The maximum atomic E-state index is 14.1. The summed E-state index contributed by atoms with van der Waals surface area (Å²) in [4.78, 5) is 11.5. The summed E-state index contributed by atoms with van der Waals surface area (Å²) < 4.78 is 29.2. The van der Waals surface area contributed by atoms with Crippen molar-refractivity contribution in [3.05, 3.63) is 64.4 Å². The molecule has 0 spiro atoms. The first-order valence-corrected chi connectivity index (χ1v) is 9.24. The molecule has 0 radical (unpaired) electrons. The molecule has 1 fully saturated rings. The van der Waals surface area contributed by atoms with Crippen LogP contribution in [0, 0.1) is 11.6 Å². The third kappa shape index (κ3) is 3.32. The Kier molecular flexibility index (Phi) is 4.12. The third-order valence-corrected chi connectivity index (χ3v) is 4.68. The number of aromatic amines is 1. The lowest BCUT2D eigenvalue weighted by molar-refractivity contribution is 0.425. The molecular weight excluding hydrogens is 394 g/mol. The lowest BCUT2D eigenvalue weighted by atomic mass is 10.2. The number of H-pyrrole nitrogens is 1. The second-order valence-corrected chi connectivity index (χ2v) is 7.02. The van der Waals surface area contributed by atoms with Crippen molar-refractivity contribution >= 4 is 23.2 Å². The van der Waals surface area contributed by atoms with E-state index in [4.69, 9.17) is 0 Å². The Morgan fingerprint density at radius 1 is 1.23 bits per heavy atom. The minimum Gasteiger partial charge on any atom is -0.494 e. The molecule has 0 aliphatic heterocycles. The van der Waals surface area contributed by atoms with Gasteiger partial charge in [0.25, 0.3) is 0 Å². The van der Waals surface area contributed by atoms with Gasteiger partial charge in [-0.3, -0.25) is 9.98 Å². The topological polar surface area (TPSA) is 111 Å². The van der Waals surface area contributed by atoms with Gasteiger partial charge in [-0.15, -0.1) is 0 Å². The summed E-state index contributed by atoms with van der Waals surface area (Å²) in [6.45, 7) is 0. The number of anilines is 2. The lowest BCUT2D eigenvalue weighted by Crippen LogP contribution is -2.20. The average Bonchev–Trinajstić information content (AvgIpc) is 3.34. The van der Waals surface area contributed by atoms with E-state index in [2.05, 4.69) is 25.4 Å². The van der Waals surface area contributed by atoms with Crippen LogP contribution >= 0.6 is 0 Å². The molecule has 10 heteroatoms. The highest BCUT2D eigenvalue weighted by atomic mass is 19.2. The molecule has 0 saturated heterocycles. The first-order valence-electron chi connectivity index (χ1n) is 9.24. The Bertz CT molecular complexity index is 1390. The number of aromatic nitrogens is 4. The number of halogens is 2. The quantitative estimate of drug-likeness (QED) is 0.412. The Labute approximate surface area is 167 Å². The van der Waals surface area contributed by atoms with E-state index in [0.29, 0.717) is 21.9 Å². The molecule has 152 valence electrons. The van der Waals surface area contributed by atoms with E-state index in [1.807, 2.05) is 0 Å². The zero-order chi connectivity index (χ0) is 20.8. The van der Waals surface area contributed by atoms with Gasteiger partial charge in [-0.25, -0.2) is 13.8 Å². The maximum Gasteiger partial charge on any atom is 0.198 e. The van der Waals surface area contributed by atoms with Gasteiger partial charge in [0.1, 0.15) is 5.82 Å². The van der Waals surface area contributed by atoms with Crippen molar-refractivity contribution in [1.29, 1.82) is 0 Å². The second-order valence-electron chi connectivity index (χ2n) is 7.02. The Morgan fingerprint density at radius 3 is 2.80 bits per heavy atom. The summed E-state index contributed by atoms with van der Waals surface area (Å²) in [6.07, 6.45) is 5.09. The first kappa shape index (κ1) is 18.1. The van der Waals surface area contributed by atoms with Crippen molar-refractivity contribution in [1.82, 2.24) is 19.6 Å². The maximum absolute atomic E-state index is 14.1. The minimum atomic E-state index is -1.01. The van der Waals surface area contributed by atoms with Crippen LogP contribution in [-0.2, 0) is 0 Å². The number of benzene rings is 1. The number of aromatic hydroxyl groups is 2. The van der Waals surface area contributed by atoms with Gasteiger partial charge in [0.15, 0.2) is 34.5 Å². The summed E-state index contributed by atoms with van der Waals surface area (Å²) in [5, 5.41) is 27.1. The zero-order valence-corrected chi connectivity index (χ0v) is 15.5. The summed E-state index contributed by atoms with van der Waals surface area (Å²) in [6, 6.07) is 7.01. The van der Waals surface area contributed by atoms with E-state index in [9.17, 15) is 19.0 Å². The average molecular weight is 410 g/mol. The molecule has 8 nitrogen and oxygen atoms in total. The summed E-state index contributed by atoms with van der Waals surface area (Å²) in [7, 11) is 0. The predicted octanol–water partition coefficient (Wildman–Crippen LogP) is 2.10. The molecule has 0 amide bonds. The fraction of sp³-hybridized carbons (Fsp3) is 0.150. The van der Waals surface area contributed by atoms with Crippen LogP contribution in [0.1, 0.15) is 18.4 Å². The van der Waals surface area contributed by atoms with Crippen molar-refractivity contribution in [2.75, 3.05) is 5.32 Å². The van der Waals surface area contributed by atoms with Gasteiger partial charge in [0.05, 0.1) is 17.9 Å². The third-order valence-electron chi connectivity index (χ3n) is 4.68. The SMILES string of the molecule is Oc1cc(C=c2cnn3c(=NC4CC4)cc(Nc4cccc(F)c4F)nc23)c(O)[nH]1. The Balaban J connectivity index is 1.68. The fourth-order valence-electron chi connectivity index (χ4n) is 3.07. The molecule has 1 aliphatic carbocycles. The highest BCUT2D eigenvalue weighted by Gasteiger charge is 2.20. The molecule has 1 aliphatic rings. The molecule has 1 aromatic carbocycles. The predicted molar refractivity (Wildman–Crippen MR) is 104 cm³/mol. The molecule has 0 bridgehead atoms. The largest absolute Gasteiger partial charge is 0.494 e. The van der Waals surface area contributed by atoms with E-state index < -0.39 is 11.6 Å². The van der Waals surface area contributed by atoms with Crippen molar-refractivity contribution in [3.63, 3.8) is 0 Å². The molecular formula is C20H16F2N6O2.